The van der Waals surface area contributed by atoms with Gasteiger partial charge in [0.15, 0.2) is 0 Å². The molecule has 3 nitrogen and oxygen atoms in total. The van der Waals surface area contributed by atoms with Crippen LogP contribution in [0.5, 0.6) is 0 Å². The van der Waals surface area contributed by atoms with Gasteiger partial charge in [0.05, 0.1) is 5.39 Å². The van der Waals surface area contributed by atoms with Gasteiger partial charge < -0.3 is 4.98 Å². The Morgan fingerprint density at radius 1 is 1.44 bits per heavy atom. The summed E-state index contributed by atoms with van der Waals surface area (Å²) in [5.41, 5.74) is 1.31. The maximum absolute atomic E-state index is 13.4. The first-order valence-corrected chi connectivity index (χ1v) is 5.01. The lowest BCUT2D eigenvalue weighted by Crippen LogP contribution is -2.14. The Balaban J connectivity index is 2.82. The molecule has 0 bridgehead atoms. The Kier molecular flexibility index (Phi) is 2.20. The molecule has 2 heterocycles. The second-order valence-corrected chi connectivity index (χ2v) is 4.78. The summed E-state index contributed by atoms with van der Waals surface area (Å²) < 4.78 is 13.4. The van der Waals surface area contributed by atoms with Crippen molar-refractivity contribution in [3.05, 3.63) is 29.3 Å². The van der Waals surface area contributed by atoms with Crippen molar-refractivity contribution in [3.63, 3.8) is 0 Å². The Labute approximate surface area is 92.9 Å². The Morgan fingerprint density at radius 3 is 2.69 bits per heavy atom. The van der Waals surface area contributed by atoms with Crippen LogP contribution in [0, 0.1) is 17.1 Å². The number of halogens is 1. The molecule has 82 valence electrons. The zero-order chi connectivity index (χ0) is 11.9. The fraction of sp³-hybridized carbons (Fsp3) is 0.333. The van der Waals surface area contributed by atoms with Crippen molar-refractivity contribution in [3.8, 4) is 6.07 Å². The van der Waals surface area contributed by atoms with Crippen LogP contribution in [-0.2, 0) is 5.41 Å². The van der Waals surface area contributed by atoms with Gasteiger partial charge in [-0.2, -0.15) is 5.26 Å². The lowest BCUT2D eigenvalue weighted by molar-refractivity contribution is 0.585. The Morgan fingerprint density at radius 2 is 2.12 bits per heavy atom. The third kappa shape index (κ3) is 1.54. The van der Waals surface area contributed by atoms with Gasteiger partial charge in [0.1, 0.15) is 23.2 Å². The van der Waals surface area contributed by atoms with E-state index >= 15 is 0 Å². The Hall–Kier alpha value is -1.89. The van der Waals surface area contributed by atoms with Gasteiger partial charge in [-0.05, 0) is 17.0 Å². The van der Waals surface area contributed by atoms with Crippen molar-refractivity contribution >= 4 is 11.0 Å². The molecule has 0 saturated carbocycles. The zero-order valence-corrected chi connectivity index (χ0v) is 9.43. The summed E-state index contributed by atoms with van der Waals surface area (Å²) >= 11 is 0. The predicted octanol–water partition coefficient (Wildman–Crippen LogP) is 2.87. The van der Waals surface area contributed by atoms with E-state index in [2.05, 4.69) is 9.97 Å². The van der Waals surface area contributed by atoms with Crippen molar-refractivity contribution in [1.29, 1.82) is 5.26 Å². The highest BCUT2D eigenvalue weighted by atomic mass is 19.1. The van der Waals surface area contributed by atoms with Crippen LogP contribution in [0.25, 0.3) is 11.0 Å². The average molecular weight is 217 g/mol. The molecule has 0 aliphatic carbocycles. The standard InChI is InChI=1S/C12H12FN3/c1-12(2,3)8-4-7-9(13)6-15-11(7)16-10(8)5-14/h4,6H,1-3H3,(H,15,16). The highest BCUT2D eigenvalue weighted by Gasteiger charge is 2.21. The van der Waals surface area contributed by atoms with Crippen molar-refractivity contribution in [2.45, 2.75) is 26.2 Å². The number of hydrogen-bond acceptors (Lipinski definition) is 2. The molecular weight excluding hydrogens is 205 g/mol. The summed E-state index contributed by atoms with van der Waals surface area (Å²) in [7, 11) is 0. The molecule has 0 aliphatic heterocycles. The van der Waals surface area contributed by atoms with Crippen LogP contribution < -0.4 is 0 Å². The molecule has 0 aliphatic rings. The molecular formula is C12H12FN3. The van der Waals surface area contributed by atoms with Crippen LogP contribution in [0.1, 0.15) is 32.0 Å². The number of nitrogens with zero attached hydrogens (tertiary/aromatic N) is 2. The van der Waals surface area contributed by atoms with E-state index < -0.39 is 0 Å². The van der Waals surface area contributed by atoms with Crippen LogP contribution in [0.4, 0.5) is 4.39 Å². The van der Waals surface area contributed by atoms with Crippen molar-refractivity contribution in [1.82, 2.24) is 9.97 Å². The largest absolute Gasteiger partial charge is 0.343 e. The van der Waals surface area contributed by atoms with E-state index in [4.69, 9.17) is 5.26 Å². The smallest absolute Gasteiger partial charge is 0.150 e. The number of aromatic amines is 1. The van der Waals surface area contributed by atoms with Gasteiger partial charge in [-0.3, -0.25) is 0 Å². The fourth-order valence-corrected chi connectivity index (χ4v) is 1.67. The average Bonchev–Trinajstić information content (AvgIpc) is 2.57. The molecule has 0 spiro atoms. The number of pyridine rings is 1. The number of H-pyrrole nitrogens is 1. The zero-order valence-electron chi connectivity index (χ0n) is 9.43. The minimum Gasteiger partial charge on any atom is -0.343 e. The van der Waals surface area contributed by atoms with E-state index in [1.165, 1.54) is 6.20 Å². The van der Waals surface area contributed by atoms with Crippen molar-refractivity contribution in [2.24, 2.45) is 0 Å². The van der Waals surface area contributed by atoms with E-state index in [0.717, 1.165) is 5.56 Å². The van der Waals surface area contributed by atoms with Crippen LogP contribution in [0.2, 0.25) is 0 Å². The number of rotatable bonds is 0. The van der Waals surface area contributed by atoms with Gasteiger partial charge in [0, 0.05) is 6.20 Å². The number of nitrogens with one attached hydrogen (secondary N) is 1. The molecule has 0 amide bonds. The van der Waals surface area contributed by atoms with E-state index in [-0.39, 0.29) is 11.2 Å². The second-order valence-electron chi connectivity index (χ2n) is 4.78. The van der Waals surface area contributed by atoms with Crippen molar-refractivity contribution in [2.75, 3.05) is 0 Å². The molecule has 0 radical (unpaired) electrons. The van der Waals surface area contributed by atoms with Gasteiger partial charge in [0.25, 0.3) is 0 Å². The highest BCUT2D eigenvalue weighted by Crippen LogP contribution is 2.28. The van der Waals surface area contributed by atoms with Gasteiger partial charge >= 0.3 is 0 Å². The SMILES string of the molecule is CC(C)(C)c1cc2c(F)c[nH]c2nc1C#N. The van der Waals surface area contributed by atoms with Crippen LogP contribution in [0.3, 0.4) is 0 Å². The lowest BCUT2D eigenvalue weighted by Gasteiger charge is -2.19. The molecule has 2 rings (SSSR count). The van der Waals surface area contributed by atoms with E-state index in [1.54, 1.807) is 6.07 Å². The number of aromatic nitrogens is 2. The summed E-state index contributed by atoms with van der Waals surface area (Å²) in [6, 6.07) is 3.75. The topological polar surface area (TPSA) is 52.5 Å². The first kappa shape index (κ1) is 10.6. The molecule has 0 saturated heterocycles. The quantitative estimate of drug-likeness (QED) is 0.737. The molecule has 1 N–H and O–H groups in total. The number of fused-ring (bicyclic) bond motifs is 1. The molecule has 2 aromatic rings. The first-order valence-electron chi connectivity index (χ1n) is 5.01. The molecule has 0 aromatic carbocycles. The Bertz CT molecular complexity index is 585. The molecule has 0 fully saturated rings. The van der Waals surface area contributed by atoms with E-state index in [1.807, 2.05) is 26.8 Å². The normalized spacial score (nSPS) is 11.7. The number of nitriles is 1. The minimum absolute atomic E-state index is 0.226. The fourth-order valence-electron chi connectivity index (χ4n) is 1.67. The summed E-state index contributed by atoms with van der Waals surface area (Å²) in [5, 5.41) is 9.46. The first-order chi connectivity index (χ1) is 7.43. The third-order valence-corrected chi connectivity index (χ3v) is 2.53. The minimum atomic E-state index is -0.336. The van der Waals surface area contributed by atoms with Gasteiger partial charge in [-0.1, -0.05) is 20.8 Å². The van der Waals surface area contributed by atoms with Crippen LogP contribution in [-0.4, -0.2) is 9.97 Å². The van der Waals surface area contributed by atoms with Crippen molar-refractivity contribution < 1.29 is 4.39 Å². The summed E-state index contributed by atoms with van der Waals surface area (Å²) in [5.74, 6) is -0.336. The van der Waals surface area contributed by atoms with Crippen LogP contribution >= 0.6 is 0 Å². The van der Waals surface area contributed by atoms with Gasteiger partial charge in [-0.25, -0.2) is 9.37 Å². The van der Waals surface area contributed by atoms with Crippen LogP contribution in [0.15, 0.2) is 12.3 Å². The molecule has 4 heteroatoms. The van der Waals surface area contributed by atoms with Gasteiger partial charge in [-0.15, -0.1) is 0 Å². The summed E-state index contributed by atoms with van der Waals surface area (Å²) in [6.45, 7) is 5.92. The molecule has 0 atom stereocenters. The monoisotopic (exact) mass is 217 g/mol. The number of hydrogen-bond donors (Lipinski definition) is 1. The maximum atomic E-state index is 13.4. The molecule has 2 aromatic heterocycles. The summed E-state index contributed by atoms with van der Waals surface area (Å²) in [4.78, 5) is 6.83. The maximum Gasteiger partial charge on any atom is 0.150 e. The summed E-state index contributed by atoms with van der Waals surface area (Å²) in [6.07, 6.45) is 1.26. The molecule has 0 unspecified atom stereocenters. The lowest BCUT2D eigenvalue weighted by atomic mass is 9.85. The second kappa shape index (κ2) is 3.31. The third-order valence-electron chi connectivity index (χ3n) is 2.53. The predicted molar refractivity (Wildman–Crippen MR) is 59.5 cm³/mol. The van der Waals surface area contributed by atoms with E-state index in [9.17, 15) is 4.39 Å². The van der Waals surface area contributed by atoms with E-state index in [0.29, 0.717) is 16.7 Å². The highest BCUT2D eigenvalue weighted by molar-refractivity contribution is 5.78. The van der Waals surface area contributed by atoms with Gasteiger partial charge in [0.2, 0.25) is 0 Å². The molecule has 16 heavy (non-hydrogen) atoms.